The van der Waals surface area contributed by atoms with Gasteiger partial charge in [-0.25, -0.2) is 0 Å². The number of rotatable bonds is 4. The monoisotopic (exact) mass is 259 g/mol. The number of piperidine rings is 1. The summed E-state index contributed by atoms with van der Waals surface area (Å²) in [4.78, 5) is 14.6. The smallest absolute Gasteiger partial charge is 0.304 e. The Hall–Kier alpha value is -1.29. The fourth-order valence-electron chi connectivity index (χ4n) is 2.87. The number of likely N-dealkylation sites (tertiary alicyclic amines) is 1. The van der Waals surface area contributed by atoms with Crippen LogP contribution in [0.1, 0.15) is 49.4 Å². The molecule has 1 N–H and O–H groups in total. The highest BCUT2D eigenvalue weighted by atomic mass is 16.2. The van der Waals surface area contributed by atoms with Crippen molar-refractivity contribution in [3.8, 4) is 0 Å². The lowest BCUT2D eigenvalue weighted by Crippen LogP contribution is -2.43. The minimum Gasteiger partial charge on any atom is -0.449 e. The quantitative estimate of drug-likeness (QED) is 0.831. The van der Waals surface area contributed by atoms with E-state index in [2.05, 4.69) is 6.92 Å². The van der Waals surface area contributed by atoms with Crippen molar-refractivity contribution < 1.29 is 9.82 Å². The summed E-state index contributed by atoms with van der Waals surface area (Å²) in [5.41, 5.74) is 1.50. The lowest BCUT2D eigenvalue weighted by atomic mass is 9.87. The van der Waals surface area contributed by atoms with Crippen molar-refractivity contribution in [2.24, 2.45) is 0 Å². The number of benzene rings is 1. The Kier molecular flexibility index (Phi) is 5.03. The van der Waals surface area contributed by atoms with Crippen molar-refractivity contribution in [2.45, 2.75) is 45.1 Å². The molecule has 0 aliphatic carbocycles. The van der Waals surface area contributed by atoms with E-state index in [4.69, 9.17) is 5.02 Å². The van der Waals surface area contributed by atoms with Crippen molar-refractivity contribution in [1.82, 2.24) is 4.90 Å². The van der Waals surface area contributed by atoms with Gasteiger partial charge < -0.3 is 9.92 Å². The van der Waals surface area contributed by atoms with Crippen LogP contribution in [0, 0.1) is 0 Å². The molecule has 3 nitrogen and oxygen atoms in total. The van der Waals surface area contributed by atoms with Crippen LogP contribution in [-0.4, -0.2) is 35.9 Å². The molecule has 1 aromatic carbocycles. The Morgan fingerprint density at radius 1 is 1.47 bits per heavy atom. The van der Waals surface area contributed by atoms with Gasteiger partial charge in [0, 0.05) is 18.2 Å². The maximum atomic E-state index is 12.6. The summed E-state index contributed by atoms with van der Waals surface area (Å²) >= 11 is 0. The van der Waals surface area contributed by atoms with Gasteiger partial charge in [-0.1, -0.05) is 37.0 Å². The minimum atomic E-state index is -0.0144. The summed E-state index contributed by atoms with van der Waals surface area (Å²) in [6.45, 7) is 3.04. The maximum Gasteiger partial charge on any atom is 0.304 e. The largest absolute Gasteiger partial charge is 0.449 e. The van der Waals surface area contributed by atoms with Crippen LogP contribution < -0.4 is 5.46 Å². The average molecular weight is 259 g/mol. The Morgan fingerprint density at radius 3 is 3.05 bits per heavy atom. The lowest BCUT2D eigenvalue weighted by molar-refractivity contribution is 0.0601. The number of hydrogen-bond acceptors (Lipinski definition) is 2. The van der Waals surface area contributed by atoms with Crippen molar-refractivity contribution in [3.63, 3.8) is 0 Å². The number of carbonyl (C=O) groups is 1. The van der Waals surface area contributed by atoms with Gasteiger partial charge in [-0.15, -0.1) is 0 Å². The SMILES string of the molecule is CCC[C@@H]1CCCCN1C(=O)c1cccc(BO)c1. The van der Waals surface area contributed by atoms with E-state index in [1.807, 2.05) is 23.1 Å². The van der Waals surface area contributed by atoms with Gasteiger partial charge in [-0.05, 0) is 31.7 Å². The molecule has 1 amide bonds. The zero-order valence-corrected chi connectivity index (χ0v) is 11.6. The summed E-state index contributed by atoms with van der Waals surface area (Å²) < 4.78 is 0. The second-order valence-corrected chi connectivity index (χ2v) is 5.30. The summed E-state index contributed by atoms with van der Waals surface area (Å²) in [5.74, 6) is 0.119. The van der Waals surface area contributed by atoms with Crippen LogP contribution in [0.3, 0.4) is 0 Å². The van der Waals surface area contributed by atoms with E-state index in [0.29, 0.717) is 11.6 Å². The van der Waals surface area contributed by atoms with E-state index in [1.54, 1.807) is 6.07 Å². The molecule has 2 rings (SSSR count). The third kappa shape index (κ3) is 3.38. The van der Waals surface area contributed by atoms with Gasteiger partial charge in [0.05, 0.1) is 0 Å². The molecule has 0 bridgehead atoms. The van der Waals surface area contributed by atoms with Crippen LogP contribution in [0.15, 0.2) is 24.3 Å². The fourth-order valence-corrected chi connectivity index (χ4v) is 2.87. The molecule has 1 saturated heterocycles. The third-order valence-electron chi connectivity index (χ3n) is 3.87. The molecule has 1 aliphatic rings. The maximum absolute atomic E-state index is 12.6. The molecule has 0 saturated carbocycles. The Bertz CT molecular complexity index is 434. The molecule has 1 fully saturated rings. The minimum absolute atomic E-state index is 0.0144. The van der Waals surface area contributed by atoms with Crippen molar-refractivity contribution >= 4 is 18.9 Å². The van der Waals surface area contributed by atoms with Crippen LogP contribution in [0.25, 0.3) is 0 Å². The van der Waals surface area contributed by atoms with Crippen LogP contribution in [0.5, 0.6) is 0 Å². The first-order valence-electron chi connectivity index (χ1n) is 7.27. The van der Waals surface area contributed by atoms with E-state index in [9.17, 15) is 4.79 Å². The zero-order valence-electron chi connectivity index (χ0n) is 11.6. The molecule has 1 atom stereocenters. The van der Waals surface area contributed by atoms with E-state index in [-0.39, 0.29) is 13.4 Å². The van der Waals surface area contributed by atoms with Crippen LogP contribution in [-0.2, 0) is 0 Å². The third-order valence-corrected chi connectivity index (χ3v) is 3.87. The molecule has 19 heavy (non-hydrogen) atoms. The normalized spacial score (nSPS) is 19.3. The highest BCUT2D eigenvalue weighted by molar-refractivity contribution is 6.45. The second-order valence-electron chi connectivity index (χ2n) is 5.30. The van der Waals surface area contributed by atoms with E-state index in [0.717, 1.165) is 37.7 Å². The van der Waals surface area contributed by atoms with Crippen LogP contribution in [0.2, 0.25) is 0 Å². The molecule has 4 heteroatoms. The van der Waals surface area contributed by atoms with Gasteiger partial charge in [0.1, 0.15) is 0 Å². The first kappa shape index (κ1) is 14.1. The van der Waals surface area contributed by atoms with E-state index >= 15 is 0 Å². The van der Waals surface area contributed by atoms with E-state index < -0.39 is 0 Å². The molecule has 0 radical (unpaired) electrons. The predicted octanol–water partition coefficient (Wildman–Crippen LogP) is 1.45. The number of carbonyl (C=O) groups excluding carboxylic acids is 1. The molecule has 0 aromatic heterocycles. The molecular weight excluding hydrogens is 237 g/mol. The first-order chi connectivity index (χ1) is 9.26. The molecule has 1 heterocycles. The van der Waals surface area contributed by atoms with Gasteiger partial charge in [-0.3, -0.25) is 4.79 Å². The lowest BCUT2D eigenvalue weighted by Gasteiger charge is -2.36. The van der Waals surface area contributed by atoms with E-state index in [1.165, 1.54) is 6.42 Å². The molecule has 1 aliphatic heterocycles. The predicted molar refractivity (Wildman–Crippen MR) is 79.0 cm³/mol. The van der Waals surface area contributed by atoms with Gasteiger partial charge in [0.25, 0.3) is 5.91 Å². The molecule has 0 unspecified atom stereocenters. The summed E-state index contributed by atoms with van der Waals surface area (Å²) in [6.07, 6.45) is 5.66. The first-order valence-corrected chi connectivity index (χ1v) is 7.27. The summed E-state index contributed by atoms with van der Waals surface area (Å²) in [5, 5.41) is 9.17. The zero-order chi connectivity index (χ0) is 13.7. The van der Waals surface area contributed by atoms with Gasteiger partial charge in [-0.2, -0.15) is 0 Å². The molecule has 1 aromatic rings. The van der Waals surface area contributed by atoms with Gasteiger partial charge in [0.2, 0.25) is 0 Å². The fraction of sp³-hybridized carbons (Fsp3) is 0.533. The van der Waals surface area contributed by atoms with Gasteiger partial charge in [0.15, 0.2) is 0 Å². The number of nitrogens with zero attached hydrogens (tertiary/aromatic N) is 1. The summed E-state index contributed by atoms with van der Waals surface area (Å²) in [7, 11) is -0.0144. The Balaban J connectivity index is 2.16. The van der Waals surface area contributed by atoms with Crippen molar-refractivity contribution in [2.75, 3.05) is 6.54 Å². The number of amides is 1. The standard InChI is InChI=1S/C15H22BNO2/c1-2-6-14-9-3-4-10-17(14)15(18)12-7-5-8-13(11-12)16-19/h5,7-8,11,14,16,19H,2-4,6,9-10H2,1H3/t14-/m1/s1. The van der Waals surface area contributed by atoms with Crippen LogP contribution in [0.4, 0.5) is 0 Å². The van der Waals surface area contributed by atoms with Crippen molar-refractivity contribution in [3.05, 3.63) is 29.8 Å². The number of hydrogen-bond donors (Lipinski definition) is 1. The van der Waals surface area contributed by atoms with Crippen LogP contribution >= 0.6 is 0 Å². The molecular formula is C15H22BNO2. The highest BCUT2D eigenvalue weighted by Crippen LogP contribution is 2.22. The highest BCUT2D eigenvalue weighted by Gasteiger charge is 2.26. The topological polar surface area (TPSA) is 40.5 Å². The molecule has 102 valence electrons. The molecule has 0 spiro atoms. The average Bonchev–Trinajstić information content (AvgIpc) is 2.47. The Labute approximate surface area is 115 Å². The summed E-state index contributed by atoms with van der Waals surface area (Å²) in [6, 6.07) is 7.73. The Morgan fingerprint density at radius 2 is 2.32 bits per heavy atom. The van der Waals surface area contributed by atoms with Crippen molar-refractivity contribution in [1.29, 1.82) is 0 Å². The van der Waals surface area contributed by atoms with Gasteiger partial charge >= 0.3 is 7.48 Å². The second kappa shape index (κ2) is 6.76.